The van der Waals surface area contributed by atoms with Crippen LogP contribution in [0.3, 0.4) is 0 Å². The summed E-state index contributed by atoms with van der Waals surface area (Å²) in [5.74, 6) is -0.273. The summed E-state index contributed by atoms with van der Waals surface area (Å²) in [6.07, 6.45) is 0.378. The summed E-state index contributed by atoms with van der Waals surface area (Å²) in [7, 11) is 0. The van der Waals surface area contributed by atoms with Gasteiger partial charge in [-0.25, -0.2) is 4.79 Å². The number of thioether (sulfide) groups is 1. The lowest BCUT2D eigenvalue weighted by molar-refractivity contribution is -0.139. The number of rotatable bonds is 7. The molecule has 1 atom stereocenters. The van der Waals surface area contributed by atoms with E-state index in [9.17, 15) is 9.59 Å². The number of amides is 1. The maximum atomic E-state index is 10.8. The minimum atomic E-state index is -1.07. The third-order valence-electron chi connectivity index (χ3n) is 2.25. The van der Waals surface area contributed by atoms with E-state index in [4.69, 9.17) is 10.4 Å². The Morgan fingerprint density at radius 1 is 1.56 bits per heavy atom. The van der Waals surface area contributed by atoms with E-state index in [2.05, 4.69) is 11.4 Å². The van der Waals surface area contributed by atoms with Gasteiger partial charge >= 0.3 is 5.97 Å². The lowest BCUT2D eigenvalue weighted by Crippen LogP contribution is -2.37. The van der Waals surface area contributed by atoms with E-state index in [0.717, 1.165) is 5.56 Å². The maximum absolute atomic E-state index is 10.8. The van der Waals surface area contributed by atoms with Crippen molar-refractivity contribution in [3.05, 3.63) is 35.4 Å². The second-order valence-electron chi connectivity index (χ2n) is 3.46. The molecule has 2 N–H and O–H groups in total. The summed E-state index contributed by atoms with van der Waals surface area (Å²) < 4.78 is 0. The fraction of sp³-hybridized carbons (Fsp3) is 0.250. The normalized spacial score (nSPS) is 11.3. The summed E-state index contributed by atoms with van der Waals surface area (Å²) in [5.41, 5.74) is 1.44. The van der Waals surface area contributed by atoms with Crippen molar-refractivity contribution in [2.45, 2.75) is 11.8 Å². The minimum Gasteiger partial charge on any atom is -0.480 e. The molecule has 1 unspecified atom stereocenters. The molecular formula is C12H12N2O3S. The molecule has 5 nitrogen and oxygen atoms in total. The highest BCUT2D eigenvalue weighted by molar-refractivity contribution is 7.98. The van der Waals surface area contributed by atoms with E-state index >= 15 is 0 Å². The number of hydrogen-bond donors (Lipinski definition) is 2. The van der Waals surface area contributed by atoms with Crippen molar-refractivity contribution in [3.63, 3.8) is 0 Å². The van der Waals surface area contributed by atoms with Crippen LogP contribution >= 0.6 is 11.8 Å². The van der Waals surface area contributed by atoms with Gasteiger partial charge in [0.05, 0.1) is 11.6 Å². The molecule has 1 aromatic carbocycles. The van der Waals surface area contributed by atoms with Crippen LogP contribution < -0.4 is 5.32 Å². The molecule has 0 saturated carbocycles. The van der Waals surface area contributed by atoms with E-state index in [0.29, 0.717) is 17.7 Å². The lowest BCUT2D eigenvalue weighted by Gasteiger charge is -2.10. The predicted molar refractivity (Wildman–Crippen MR) is 67.9 cm³/mol. The van der Waals surface area contributed by atoms with Gasteiger partial charge < -0.3 is 10.4 Å². The molecule has 0 aliphatic heterocycles. The molecule has 0 spiro atoms. The van der Waals surface area contributed by atoms with Crippen LogP contribution in [0.25, 0.3) is 0 Å². The zero-order valence-corrected chi connectivity index (χ0v) is 10.3. The van der Waals surface area contributed by atoms with Crippen LogP contribution in [0.5, 0.6) is 0 Å². The molecule has 0 aliphatic rings. The Labute approximate surface area is 109 Å². The van der Waals surface area contributed by atoms with Crippen LogP contribution in [0.4, 0.5) is 0 Å². The first-order valence-electron chi connectivity index (χ1n) is 5.17. The third kappa shape index (κ3) is 4.11. The van der Waals surface area contributed by atoms with E-state index in [1.54, 1.807) is 12.1 Å². The van der Waals surface area contributed by atoms with Crippen molar-refractivity contribution in [2.24, 2.45) is 0 Å². The quantitative estimate of drug-likeness (QED) is 0.717. The number of aliphatic carboxylic acids is 1. The number of benzene rings is 1. The van der Waals surface area contributed by atoms with Gasteiger partial charge in [-0.1, -0.05) is 18.2 Å². The number of carboxylic acids is 1. The first-order chi connectivity index (χ1) is 8.69. The van der Waals surface area contributed by atoms with Gasteiger partial charge in [0.25, 0.3) is 0 Å². The summed E-state index contributed by atoms with van der Waals surface area (Å²) in [4.78, 5) is 21.0. The highest BCUT2D eigenvalue weighted by Crippen LogP contribution is 2.16. The fourth-order valence-corrected chi connectivity index (χ4v) is 2.38. The first kappa shape index (κ1) is 14.1. The molecule has 6 heteroatoms. The summed E-state index contributed by atoms with van der Waals surface area (Å²) in [6, 6.07) is 8.33. The molecule has 1 aromatic rings. The van der Waals surface area contributed by atoms with Gasteiger partial charge in [0.2, 0.25) is 6.41 Å². The number of nitrogens with one attached hydrogen (secondary N) is 1. The Bertz CT molecular complexity index is 471. The van der Waals surface area contributed by atoms with Gasteiger partial charge in [0.15, 0.2) is 0 Å². The van der Waals surface area contributed by atoms with Gasteiger partial charge in [-0.15, -0.1) is 0 Å². The first-order valence-corrected chi connectivity index (χ1v) is 6.32. The average molecular weight is 264 g/mol. The van der Waals surface area contributed by atoms with Crippen LogP contribution in [0.2, 0.25) is 0 Å². The largest absolute Gasteiger partial charge is 0.480 e. The number of hydrogen-bond acceptors (Lipinski definition) is 4. The molecule has 0 radical (unpaired) electrons. The van der Waals surface area contributed by atoms with E-state index in [1.165, 1.54) is 11.8 Å². The fourth-order valence-electron chi connectivity index (χ4n) is 1.31. The topological polar surface area (TPSA) is 90.2 Å². The number of carbonyl (C=O) groups is 2. The molecule has 0 aromatic heterocycles. The number of carbonyl (C=O) groups excluding carboxylic acids is 1. The van der Waals surface area contributed by atoms with Gasteiger partial charge in [-0.2, -0.15) is 17.0 Å². The second kappa shape index (κ2) is 7.35. The zero-order chi connectivity index (χ0) is 13.4. The van der Waals surface area contributed by atoms with E-state index < -0.39 is 12.0 Å². The van der Waals surface area contributed by atoms with Crippen LogP contribution in [0, 0.1) is 11.3 Å². The molecular weight excluding hydrogens is 252 g/mol. The van der Waals surface area contributed by atoms with Crippen molar-refractivity contribution in [2.75, 3.05) is 5.75 Å². The third-order valence-corrected chi connectivity index (χ3v) is 3.33. The highest BCUT2D eigenvalue weighted by atomic mass is 32.2. The summed E-state index contributed by atoms with van der Waals surface area (Å²) in [6.45, 7) is 0. The Morgan fingerprint density at radius 2 is 2.28 bits per heavy atom. The monoisotopic (exact) mass is 264 g/mol. The van der Waals surface area contributed by atoms with Gasteiger partial charge in [0.1, 0.15) is 6.04 Å². The van der Waals surface area contributed by atoms with E-state index in [-0.39, 0.29) is 5.75 Å². The van der Waals surface area contributed by atoms with Gasteiger partial charge in [-0.05, 0) is 11.6 Å². The van der Waals surface area contributed by atoms with Crippen molar-refractivity contribution < 1.29 is 14.7 Å². The Morgan fingerprint density at radius 3 is 2.89 bits per heavy atom. The lowest BCUT2D eigenvalue weighted by atomic mass is 10.1. The number of carboxylic acid groups (broad SMARTS) is 1. The van der Waals surface area contributed by atoms with Crippen LogP contribution in [-0.2, 0) is 15.3 Å². The molecule has 0 aliphatic carbocycles. The molecule has 1 rings (SSSR count). The van der Waals surface area contributed by atoms with Crippen molar-refractivity contribution in [1.82, 2.24) is 5.32 Å². The Hall–Kier alpha value is -2.00. The Balaban J connectivity index is 2.53. The summed E-state index contributed by atoms with van der Waals surface area (Å²) in [5, 5.41) is 19.9. The molecule has 1 amide bonds. The molecule has 94 valence electrons. The van der Waals surface area contributed by atoms with E-state index in [1.807, 2.05) is 12.1 Å². The Kier molecular flexibility index (Phi) is 5.74. The summed E-state index contributed by atoms with van der Waals surface area (Å²) >= 11 is 1.36. The van der Waals surface area contributed by atoms with Crippen LogP contribution in [0.1, 0.15) is 11.1 Å². The van der Waals surface area contributed by atoms with Crippen molar-refractivity contribution in [3.8, 4) is 6.07 Å². The van der Waals surface area contributed by atoms with Crippen molar-refractivity contribution in [1.29, 1.82) is 5.26 Å². The number of nitrogens with zero attached hydrogens (tertiary/aromatic N) is 1. The molecule has 0 bridgehead atoms. The van der Waals surface area contributed by atoms with Gasteiger partial charge in [-0.3, -0.25) is 4.79 Å². The number of nitriles is 1. The molecule has 18 heavy (non-hydrogen) atoms. The standard InChI is InChI=1S/C12H12N2O3S/c13-5-9-3-1-2-4-10(9)6-18-7-11(12(16)17)14-8-15/h1-4,8,11H,6-7H2,(H,14,15)(H,16,17). The average Bonchev–Trinajstić information content (AvgIpc) is 2.38. The maximum Gasteiger partial charge on any atom is 0.327 e. The zero-order valence-electron chi connectivity index (χ0n) is 9.50. The molecule has 0 heterocycles. The SMILES string of the molecule is N#Cc1ccccc1CSCC(NC=O)C(=O)O. The molecule has 0 fully saturated rings. The predicted octanol–water partition coefficient (Wildman–Crippen LogP) is 0.991. The second-order valence-corrected chi connectivity index (χ2v) is 4.49. The van der Waals surface area contributed by atoms with Crippen LogP contribution in [-0.4, -0.2) is 29.3 Å². The molecule has 0 saturated heterocycles. The van der Waals surface area contributed by atoms with Gasteiger partial charge in [0, 0.05) is 11.5 Å². The smallest absolute Gasteiger partial charge is 0.327 e. The minimum absolute atomic E-state index is 0.258. The highest BCUT2D eigenvalue weighted by Gasteiger charge is 2.16. The van der Waals surface area contributed by atoms with Crippen LogP contribution in [0.15, 0.2) is 24.3 Å². The van der Waals surface area contributed by atoms with Crippen molar-refractivity contribution >= 4 is 24.1 Å².